The lowest BCUT2D eigenvalue weighted by molar-refractivity contribution is -0.172. The highest BCUT2D eigenvalue weighted by atomic mass is 16.8. The number of carbonyl (C=O) groups is 1. The van der Waals surface area contributed by atoms with Crippen LogP contribution in [0.25, 0.3) is 0 Å². The fraction of sp³-hybridized carbons (Fsp3) is 0.824. The molecule has 1 aliphatic heterocycles. The van der Waals surface area contributed by atoms with Crippen LogP contribution in [0.2, 0.25) is 0 Å². The number of Topliss-reactive ketones (excluding diaryl/α,β-unsaturated/α-hetero) is 1. The molecule has 5 atom stereocenters. The Labute approximate surface area is 131 Å². The van der Waals surface area contributed by atoms with Crippen LogP contribution in [0.3, 0.4) is 0 Å². The maximum absolute atomic E-state index is 13.2. The first-order chi connectivity index (χ1) is 10.3. The molecule has 3 aliphatic rings. The van der Waals surface area contributed by atoms with Gasteiger partial charge in [-0.15, -0.1) is 0 Å². The van der Waals surface area contributed by atoms with Crippen LogP contribution in [0.5, 0.6) is 0 Å². The van der Waals surface area contributed by atoms with E-state index in [0.717, 1.165) is 6.42 Å². The molecule has 22 heavy (non-hydrogen) atoms. The van der Waals surface area contributed by atoms with Crippen molar-refractivity contribution in [2.45, 2.75) is 51.6 Å². The molecule has 0 aromatic heterocycles. The molecule has 0 aromatic rings. The molecule has 0 unspecified atom stereocenters. The van der Waals surface area contributed by atoms with Gasteiger partial charge in [0.2, 0.25) is 0 Å². The lowest BCUT2D eigenvalue weighted by Gasteiger charge is -2.40. The van der Waals surface area contributed by atoms with E-state index in [1.165, 1.54) is 5.57 Å². The van der Waals surface area contributed by atoms with Crippen molar-refractivity contribution in [2.75, 3.05) is 20.5 Å². The molecule has 0 N–H and O–H groups in total. The maximum atomic E-state index is 13.2. The van der Waals surface area contributed by atoms with Crippen LogP contribution in [-0.2, 0) is 23.7 Å². The molecule has 0 aromatic carbocycles. The summed E-state index contributed by atoms with van der Waals surface area (Å²) in [5, 5.41) is 0. The largest absolute Gasteiger partial charge is 0.359 e. The summed E-state index contributed by atoms with van der Waals surface area (Å²) in [5.41, 5.74) is 0.419. The van der Waals surface area contributed by atoms with Crippen LogP contribution in [-0.4, -0.2) is 43.8 Å². The third kappa shape index (κ3) is 2.44. The van der Waals surface area contributed by atoms with Crippen LogP contribution in [0.15, 0.2) is 11.6 Å². The van der Waals surface area contributed by atoms with Gasteiger partial charge < -0.3 is 18.9 Å². The second-order valence-corrected chi connectivity index (χ2v) is 7.30. The van der Waals surface area contributed by atoms with Crippen LogP contribution in [0.1, 0.15) is 34.1 Å². The minimum Gasteiger partial charge on any atom is -0.359 e. The second kappa shape index (κ2) is 5.41. The van der Waals surface area contributed by atoms with Crippen molar-refractivity contribution < 1.29 is 23.7 Å². The number of fused-ring (bicyclic) bond motifs is 2. The minimum absolute atomic E-state index is 0.0735. The zero-order valence-corrected chi connectivity index (χ0v) is 14.0. The number of rotatable bonds is 4. The highest BCUT2D eigenvalue weighted by molar-refractivity contribution is 5.92. The van der Waals surface area contributed by atoms with Crippen molar-refractivity contribution in [3.8, 4) is 0 Å². The Morgan fingerprint density at radius 1 is 1.36 bits per heavy atom. The third-order valence-corrected chi connectivity index (χ3v) is 5.23. The first-order valence-electron chi connectivity index (χ1n) is 7.96. The predicted octanol–water partition coefficient (Wildman–Crippen LogP) is 2.30. The van der Waals surface area contributed by atoms with E-state index >= 15 is 0 Å². The van der Waals surface area contributed by atoms with Gasteiger partial charge in [-0.2, -0.15) is 0 Å². The number of ether oxygens (including phenoxy) is 4. The van der Waals surface area contributed by atoms with E-state index in [4.69, 9.17) is 18.9 Å². The van der Waals surface area contributed by atoms with Gasteiger partial charge in [-0.05, 0) is 40.0 Å². The van der Waals surface area contributed by atoms with Gasteiger partial charge in [-0.1, -0.05) is 11.6 Å². The Morgan fingerprint density at radius 3 is 2.77 bits per heavy atom. The van der Waals surface area contributed by atoms with E-state index in [9.17, 15) is 4.79 Å². The fourth-order valence-corrected chi connectivity index (χ4v) is 4.37. The summed E-state index contributed by atoms with van der Waals surface area (Å²) in [5.74, 6) is -0.293. The van der Waals surface area contributed by atoms with Gasteiger partial charge >= 0.3 is 0 Å². The van der Waals surface area contributed by atoms with Crippen LogP contribution in [0.4, 0.5) is 0 Å². The average molecular weight is 310 g/mol. The molecule has 1 saturated carbocycles. The number of hydrogen-bond acceptors (Lipinski definition) is 5. The van der Waals surface area contributed by atoms with Crippen molar-refractivity contribution in [2.24, 2.45) is 17.8 Å². The Hall–Kier alpha value is -0.750. The van der Waals surface area contributed by atoms with E-state index in [1.807, 2.05) is 20.8 Å². The molecule has 2 aliphatic carbocycles. The van der Waals surface area contributed by atoms with Gasteiger partial charge in [0.15, 0.2) is 17.2 Å². The van der Waals surface area contributed by atoms with Crippen molar-refractivity contribution in [1.29, 1.82) is 0 Å². The summed E-state index contributed by atoms with van der Waals surface area (Å²) in [6, 6.07) is 0. The molecule has 0 bridgehead atoms. The molecule has 0 spiro atoms. The number of carbonyl (C=O) groups excluding carboxylic acids is 1. The lowest BCUT2D eigenvalue weighted by atomic mass is 9.67. The highest BCUT2D eigenvalue weighted by Gasteiger charge is 2.62. The average Bonchev–Trinajstić information content (AvgIpc) is 2.85. The van der Waals surface area contributed by atoms with Gasteiger partial charge in [-0.25, -0.2) is 0 Å². The first kappa shape index (κ1) is 16.1. The molecule has 0 radical (unpaired) electrons. The Balaban J connectivity index is 1.82. The van der Waals surface area contributed by atoms with Gasteiger partial charge in [0.05, 0.1) is 12.7 Å². The van der Waals surface area contributed by atoms with E-state index in [2.05, 4.69) is 13.0 Å². The third-order valence-electron chi connectivity index (χ3n) is 5.23. The van der Waals surface area contributed by atoms with Gasteiger partial charge in [-0.3, -0.25) is 4.79 Å². The molecule has 124 valence electrons. The second-order valence-electron chi connectivity index (χ2n) is 7.30. The monoisotopic (exact) mass is 310 g/mol. The van der Waals surface area contributed by atoms with E-state index in [1.54, 1.807) is 7.11 Å². The van der Waals surface area contributed by atoms with Crippen molar-refractivity contribution in [3.05, 3.63) is 11.6 Å². The lowest BCUT2D eigenvalue weighted by Crippen LogP contribution is -2.55. The summed E-state index contributed by atoms with van der Waals surface area (Å²) >= 11 is 0. The van der Waals surface area contributed by atoms with Crippen molar-refractivity contribution >= 4 is 5.78 Å². The van der Waals surface area contributed by atoms with Gasteiger partial charge in [0.25, 0.3) is 0 Å². The Morgan fingerprint density at radius 2 is 2.09 bits per heavy atom. The summed E-state index contributed by atoms with van der Waals surface area (Å²) < 4.78 is 22.4. The number of allylic oxidation sites excluding steroid dienone is 1. The Bertz CT molecular complexity index is 497. The first-order valence-corrected chi connectivity index (χ1v) is 7.96. The molecule has 0 amide bonds. The highest BCUT2D eigenvalue weighted by Crippen LogP contribution is 2.52. The summed E-state index contributed by atoms with van der Waals surface area (Å²) in [6.07, 6.45) is 2.84. The number of methoxy groups -OCH3 is 1. The van der Waals surface area contributed by atoms with E-state index < -0.39 is 11.4 Å². The van der Waals surface area contributed by atoms with Crippen molar-refractivity contribution in [1.82, 2.24) is 0 Å². The van der Waals surface area contributed by atoms with Crippen LogP contribution < -0.4 is 0 Å². The summed E-state index contributed by atoms with van der Waals surface area (Å²) in [4.78, 5) is 13.2. The molecular weight excluding hydrogens is 284 g/mol. The zero-order chi connectivity index (χ0) is 16.1. The minimum atomic E-state index is -0.845. The molecule has 1 saturated heterocycles. The molecule has 5 heteroatoms. The molecular formula is C17H26O5. The molecule has 3 rings (SSSR count). The standard InChI is InChI=1S/C17H26O5/c1-10-6-11(8-20-9-19-5)14-12(10)7-13-17(4,15(14)18)22-16(2,3)21-13/h6,11-14H,7-9H2,1-5H3/t11-,12-,13-,14-,17-/m1/s1. The molecule has 2 fully saturated rings. The SMILES string of the molecule is COCOC[C@H]1C=C(C)[C@H]2C[C@H]3OC(C)(C)O[C@@]3(C)C(=O)[C@H]12. The predicted molar refractivity (Wildman–Crippen MR) is 80.1 cm³/mol. The van der Waals surface area contributed by atoms with Crippen LogP contribution >= 0.6 is 0 Å². The van der Waals surface area contributed by atoms with Gasteiger partial charge in [0, 0.05) is 18.9 Å². The fourth-order valence-electron chi connectivity index (χ4n) is 4.37. The Kier molecular flexibility index (Phi) is 3.96. The summed E-state index contributed by atoms with van der Waals surface area (Å²) in [7, 11) is 1.60. The van der Waals surface area contributed by atoms with E-state index in [0.29, 0.717) is 6.61 Å². The normalized spacial score (nSPS) is 43.0. The van der Waals surface area contributed by atoms with Crippen molar-refractivity contribution in [3.63, 3.8) is 0 Å². The topological polar surface area (TPSA) is 54.0 Å². The molecule has 5 nitrogen and oxygen atoms in total. The van der Waals surface area contributed by atoms with Gasteiger partial charge in [0.1, 0.15) is 6.79 Å². The quantitative estimate of drug-likeness (QED) is 0.453. The zero-order valence-electron chi connectivity index (χ0n) is 14.0. The maximum Gasteiger partial charge on any atom is 0.171 e. The number of hydrogen-bond donors (Lipinski definition) is 0. The number of ketones is 1. The smallest absolute Gasteiger partial charge is 0.171 e. The van der Waals surface area contributed by atoms with E-state index in [-0.39, 0.29) is 36.4 Å². The summed E-state index contributed by atoms with van der Waals surface area (Å²) in [6.45, 7) is 8.49. The van der Waals surface area contributed by atoms with Crippen LogP contribution in [0, 0.1) is 17.8 Å². The molecule has 1 heterocycles.